The van der Waals surface area contributed by atoms with Gasteiger partial charge >= 0.3 is 0 Å². The molecule has 1 N–H and O–H groups in total. The highest BCUT2D eigenvalue weighted by atomic mass is 79.9. The minimum absolute atomic E-state index is 0.172. The van der Waals surface area contributed by atoms with Crippen molar-refractivity contribution >= 4 is 21.6 Å². The summed E-state index contributed by atoms with van der Waals surface area (Å²) in [4.78, 5) is 2.37. The summed E-state index contributed by atoms with van der Waals surface area (Å²) in [5.74, 6) is 0.657. The van der Waals surface area contributed by atoms with Gasteiger partial charge in [-0.1, -0.05) is 0 Å². The standard InChI is InChI=1S/C15H20BrFN2/c1-9-5-12(16)13(17)6-15(9)19-8-14(11-3-4-11)18-7-10(19)2/h5-6,10-11,14,18H,3-4,7-8H2,1-2H3. The molecule has 0 amide bonds. The van der Waals surface area contributed by atoms with E-state index in [4.69, 9.17) is 0 Å². The maximum absolute atomic E-state index is 13.8. The molecule has 0 radical (unpaired) electrons. The molecule has 0 aromatic heterocycles. The van der Waals surface area contributed by atoms with Crippen molar-refractivity contribution in [3.8, 4) is 0 Å². The second-order valence-corrected chi connectivity index (χ2v) is 6.76. The third-order valence-corrected chi connectivity index (χ3v) is 4.95. The Morgan fingerprint density at radius 2 is 2.11 bits per heavy atom. The molecule has 1 saturated carbocycles. The highest BCUT2D eigenvalue weighted by Gasteiger charge is 2.36. The zero-order valence-electron chi connectivity index (χ0n) is 11.4. The second kappa shape index (κ2) is 5.06. The van der Waals surface area contributed by atoms with Crippen LogP contribution in [0.4, 0.5) is 10.1 Å². The number of nitrogens with one attached hydrogen (secondary N) is 1. The average Bonchev–Trinajstić information content (AvgIpc) is 3.19. The topological polar surface area (TPSA) is 15.3 Å². The van der Waals surface area contributed by atoms with Gasteiger partial charge in [0.1, 0.15) is 5.82 Å². The van der Waals surface area contributed by atoms with E-state index in [1.807, 2.05) is 6.07 Å². The van der Waals surface area contributed by atoms with Crippen LogP contribution in [0.1, 0.15) is 25.3 Å². The van der Waals surface area contributed by atoms with E-state index in [0.29, 0.717) is 16.6 Å². The first-order chi connectivity index (χ1) is 9.06. The average molecular weight is 327 g/mol. The summed E-state index contributed by atoms with van der Waals surface area (Å²) in [6, 6.07) is 4.54. The Morgan fingerprint density at radius 1 is 1.37 bits per heavy atom. The van der Waals surface area contributed by atoms with Gasteiger partial charge in [0.25, 0.3) is 0 Å². The van der Waals surface area contributed by atoms with E-state index in [1.54, 1.807) is 6.07 Å². The third-order valence-electron chi connectivity index (χ3n) is 4.34. The predicted octanol–water partition coefficient (Wildman–Crippen LogP) is 3.47. The van der Waals surface area contributed by atoms with Gasteiger partial charge in [0.15, 0.2) is 0 Å². The number of rotatable bonds is 2. The zero-order valence-corrected chi connectivity index (χ0v) is 13.0. The van der Waals surface area contributed by atoms with Crippen LogP contribution in [0.15, 0.2) is 16.6 Å². The lowest BCUT2D eigenvalue weighted by molar-refractivity contribution is 0.375. The van der Waals surface area contributed by atoms with Crippen molar-refractivity contribution in [1.29, 1.82) is 0 Å². The van der Waals surface area contributed by atoms with Gasteiger partial charge in [-0.25, -0.2) is 4.39 Å². The number of anilines is 1. The Labute approximate surface area is 122 Å². The number of halogens is 2. The van der Waals surface area contributed by atoms with Gasteiger partial charge in [0, 0.05) is 30.9 Å². The highest BCUT2D eigenvalue weighted by Crippen LogP contribution is 2.36. The molecule has 1 saturated heterocycles. The van der Waals surface area contributed by atoms with Crippen molar-refractivity contribution in [3.63, 3.8) is 0 Å². The van der Waals surface area contributed by atoms with E-state index in [9.17, 15) is 4.39 Å². The molecule has 104 valence electrons. The Morgan fingerprint density at radius 3 is 2.79 bits per heavy atom. The highest BCUT2D eigenvalue weighted by molar-refractivity contribution is 9.10. The van der Waals surface area contributed by atoms with Crippen LogP contribution in [0.3, 0.4) is 0 Å². The van der Waals surface area contributed by atoms with Crippen molar-refractivity contribution in [2.45, 2.75) is 38.8 Å². The van der Waals surface area contributed by atoms with Crippen LogP contribution in [-0.4, -0.2) is 25.2 Å². The van der Waals surface area contributed by atoms with Crippen molar-refractivity contribution in [2.75, 3.05) is 18.0 Å². The summed E-state index contributed by atoms with van der Waals surface area (Å²) >= 11 is 3.26. The van der Waals surface area contributed by atoms with Gasteiger partial charge in [0.05, 0.1) is 4.47 Å². The molecular formula is C15H20BrFN2. The van der Waals surface area contributed by atoms with Gasteiger partial charge < -0.3 is 10.2 Å². The molecule has 3 rings (SSSR count). The Hall–Kier alpha value is -0.610. The molecule has 2 aliphatic rings. The molecule has 1 heterocycles. The van der Waals surface area contributed by atoms with Crippen LogP contribution >= 0.6 is 15.9 Å². The largest absolute Gasteiger partial charge is 0.366 e. The van der Waals surface area contributed by atoms with Crippen LogP contribution in [0.5, 0.6) is 0 Å². The molecule has 1 aliphatic carbocycles. The lowest BCUT2D eigenvalue weighted by Gasteiger charge is -2.41. The predicted molar refractivity (Wildman–Crippen MR) is 80.2 cm³/mol. The Balaban J connectivity index is 1.88. The van der Waals surface area contributed by atoms with Gasteiger partial charge in [-0.2, -0.15) is 0 Å². The van der Waals surface area contributed by atoms with E-state index in [0.717, 1.165) is 30.3 Å². The molecule has 2 unspecified atom stereocenters. The first-order valence-corrected chi connectivity index (χ1v) is 7.81. The minimum atomic E-state index is -0.172. The van der Waals surface area contributed by atoms with Crippen LogP contribution in [-0.2, 0) is 0 Å². The number of hydrogen-bond donors (Lipinski definition) is 1. The van der Waals surface area contributed by atoms with Crippen molar-refractivity contribution < 1.29 is 4.39 Å². The molecule has 2 fully saturated rings. The summed E-state index contributed by atoms with van der Waals surface area (Å²) in [6.45, 7) is 6.24. The van der Waals surface area contributed by atoms with Gasteiger partial charge in [-0.15, -0.1) is 0 Å². The maximum atomic E-state index is 13.8. The summed E-state index contributed by atoms with van der Waals surface area (Å²) in [7, 11) is 0. The van der Waals surface area contributed by atoms with Crippen LogP contribution < -0.4 is 10.2 Å². The van der Waals surface area contributed by atoms with Crippen LogP contribution in [0.25, 0.3) is 0 Å². The number of hydrogen-bond acceptors (Lipinski definition) is 2. The smallest absolute Gasteiger partial charge is 0.139 e. The molecule has 1 aliphatic heterocycles. The van der Waals surface area contributed by atoms with Crippen LogP contribution in [0.2, 0.25) is 0 Å². The molecule has 1 aromatic carbocycles. The Bertz CT molecular complexity index is 487. The number of aryl methyl sites for hydroxylation is 1. The molecule has 2 nitrogen and oxygen atoms in total. The summed E-state index contributed by atoms with van der Waals surface area (Å²) in [6.07, 6.45) is 2.68. The third kappa shape index (κ3) is 2.65. The van der Waals surface area contributed by atoms with E-state index in [1.165, 1.54) is 12.8 Å². The normalized spacial score (nSPS) is 27.7. The number of nitrogens with zero attached hydrogens (tertiary/aromatic N) is 1. The molecule has 1 aromatic rings. The lowest BCUT2D eigenvalue weighted by atomic mass is 10.0. The molecule has 19 heavy (non-hydrogen) atoms. The summed E-state index contributed by atoms with van der Waals surface area (Å²) in [5.41, 5.74) is 2.18. The number of piperazine rings is 1. The molecule has 0 bridgehead atoms. The van der Waals surface area contributed by atoms with E-state index in [2.05, 4.69) is 40.0 Å². The molecule has 0 spiro atoms. The fourth-order valence-electron chi connectivity index (χ4n) is 2.98. The van der Waals surface area contributed by atoms with Crippen molar-refractivity contribution in [2.24, 2.45) is 5.92 Å². The summed E-state index contributed by atoms with van der Waals surface area (Å²) < 4.78 is 14.4. The molecular weight excluding hydrogens is 307 g/mol. The molecule has 2 atom stereocenters. The first-order valence-electron chi connectivity index (χ1n) is 7.02. The minimum Gasteiger partial charge on any atom is -0.366 e. The SMILES string of the molecule is Cc1cc(Br)c(F)cc1N1CC(C2CC2)NCC1C. The fraction of sp³-hybridized carbons (Fsp3) is 0.600. The van der Waals surface area contributed by atoms with E-state index >= 15 is 0 Å². The molecule has 4 heteroatoms. The fourth-order valence-corrected chi connectivity index (χ4v) is 3.44. The number of benzene rings is 1. The quantitative estimate of drug-likeness (QED) is 0.895. The Kier molecular flexibility index (Phi) is 3.56. The second-order valence-electron chi connectivity index (χ2n) is 5.91. The van der Waals surface area contributed by atoms with Gasteiger partial charge in [0.2, 0.25) is 0 Å². The van der Waals surface area contributed by atoms with Crippen LogP contribution in [0, 0.1) is 18.7 Å². The zero-order chi connectivity index (χ0) is 13.6. The summed E-state index contributed by atoms with van der Waals surface area (Å²) in [5, 5.41) is 3.63. The van der Waals surface area contributed by atoms with Gasteiger partial charge in [-0.3, -0.25) is 0 Å². The lowest BCUT2D eigenvalue weighted by Crippen LogP contribution is -2.56. The maximum Gasteiger partial charge on any atom is 0.139 e. The van der Waals surface area contributed by atoms with E-state index < -0.39 is 0 Å². The van der Waals surface area contributed by atoms with Gasteiger partial charge in [-0.05, 0) is 66.2 Å². The van der Waals surface area contributed by atoms with E-state index in [-0.39, 0.29) is 5.82 Å². The van der Waals surface area contributed by atoms with Crippen molar-refractivity contribution in [1.82, 2.24) is 5.32 Å². The first kappa shape index (κ1) is 13.4. The van der Waals surface area contributed by atoms with Crippen molar-refractivity contribution in [3.05, 3.63) is 28.0 Å². The monoisotopic (exact) mass is 326 g/mol.